The minimum atomic E-state index is -0.242. The highest BCUT2D eigenvalue weighted by Crippen LogP contribution is 2.18. The Labute approximate surface area is 195 Å². The first-order valence-corrected chi connectivity index (χ1v) is 11.3. The Kier molecular flexibility index (Phi) is 8.71. The average Bonchev–Trinajstić information content (AvgIpc) is 2.82. The van der Waals surface area contributed by atoms with Crippen molar-refractivity contribution in [2.45, 2.75) is 33.6 Å². The van der Waals surface area contributed by atoms with Gasteiger partial charge < -0.3 is 10.6 Å². The van der Waals surface area contributed by atoms with Crippen molar-refractivity contribution in [2.24, 2.45) is 21.1 Å². The Balaban J connectivity index is 1.79. The number of hydrogen-bond acceptors (Lipinski definition) is 7. The Morgan fingerprint density at radius 3 is 2.82 bits per heavy atom. The van der Waals surface area contributed by atoms with Crippen LogP contribution in [0.5, 0.6) is 0 Å². The third kappa shape index (κ3) is 6.98. The van der Waals surface area contributed by atoms with Gasteiger partial charge in [-0.3, -0.25) is 20.2 Å². The second-order valence-corrected chi connectivity index (χ2v) is 8.10. The van der Waals surface area contributed by atoms with Gasteiger partial charge in [-0.15, -0.1) is 0 Å². The molecule has 0 bridgehead atoms. The van der Waals surface area contributed by atoms with Crippen LogP contribution in [-0.4, -0.2) is 48.7 Å². The number of benzene rings is 1. The molecule has 174 valence electrons. The molecule has 1 fully saturated rings. The van der Waals surface area contributed by atoms with Crippen molar-refractivity contribution in [1.29, 1.82) is 0 Å². The number of rotatable bonds is 8. The first-order chi connectivity index (χ1) is 16.0. The molecule has 2 aliphatic heterocycles. The molecule has 3 rings (SSSR count). The Bertz CT molecular complexity index is 1010. The number of nitrogens with zero attached hydrogens (tertiary/aromatic N) is 4. The summed E-state index contributed by atoms with van der Waals surface area (Å²) in [5.41, 5.74) is 8.02. The van der Waals surface area contributed by atoms with Crippen LogP contribution in [0, 0.1) is 12.8 Å². The number of aryl methyl sites for hydroxylation is 1. The summed E-state index contributed by atoms with van der Waals surface area (Å²) in [4.78, 5) is 17.3. The Morgan fingerprint density at radius 2 is 2.12 bits per heavy atom. The average molecular weight is 448 g/mol. The van der Waals surface area contributed by atoms with Gasteiger partial charge in [-0.05, 0) is 70.5 Å². The summed E-state index contributed by atoms with van der Waals surface area (Å²) >= 11 is 0. The summed E-state index contributed by atoms with van der Waals surface area (Å²) in [6.07, 6.45) is 8.75. The minimum Gasteiger partial charge on any atom is -0.326 e. The van der Waals surface area contributed by atoms with Crippen molar-refractivity contribution in [3.8, 4) is 0 Å². The Morgan fingerprint density at radius 1 is 1.33 bits per heavy atom. The molecule has 3 N–H and O–H groups in total. The number of carbonyl (C=O) groups is 1. The molecule has 0 saturated carbocycles. The van der Waals surface area contributed by atoms with E-state index in [1.54, 1.807) is 17.4 Å². The van der Waals surface area contributed by atoms with Crippen LogP contribution in [0.4, 0.5) is 5.69 Å². The molecule has 0 unspecified atom stereocenters. The van der Waals surface area contributed by atoms with E-state index in [-0.39, 0.29) is 5.91 Å². The smallest absolute Gasteiger partial charge is 0.258 e. The lowest BCUT2D eigenvalue weighted by molar-refractivity contribution is -0.116. The van der Waals surface area contributed by atoms with Crippen LogP contribution >= 0.6 is 0 Å². The molecule has 0 atom stereocenters. The lowest BCUT2D eigenvalue weighted by Crippen LogP contribution is -2.33. The molecule has 33 heavy (non-hydrogen) atoms. The van der Waals surface area contributed by atoms with Crippen LogP contribution in [0.1, 0.15) is 32.3 Å². The molecule has 8 nitrogen and oxygen atoms in total. The van der Waals surface area contributed by atoms with E-state index in [4.69, 9.17) is 5.10 Å². The normalized spacial score (nSPS) is 18.1. The number of allylic oxidation sites excluding steroid dienone is 2. The molecule has 1 amide bonds. The summed E-state index contributed by atoms with van der Waals surface area (Å²) in [6.45, 7) is 11.8. The Hall–Kier alpha value is -3.52. The second kappa shape index (κ2) is 11.9. The van der Waals surface area contributed by atoms with E-state index in [1.807, 2.05) is 32.1 Å². The zero-order valence-corrected chi connectivity index (χ0v) is 19.6. The summed E-state index contributed by atoms with van der Waals surface area (Å²) in [5.74, 6) is 0.0698. The van der Waals surface area contributed by atoms with Gasteiger partial charge in [0.05, 0.1) is 35.4 Å². The highest BCUT2D eigenvalue weighted by Gasteiger charge is 2.21. The van der Waals surface area contributed by atoms with Gasteiger partial charge >= 0.3 is 0 Å². The lowest BCUT2D eigenvalue weighted by Gasteiger charge is -2.23. The van der Waals surface area contributed by atoms with E-state index >= 15 is 0 Å². The fourth-order valence-electron chi connectivity index (χ4n) is 3.76. The maximum Gasteiger partial charge on any atom is 0.258 e. The first kappa shape index (κ1) is 24.1. The number of hydrogen-bond donors (Lipinski definition) is 3. The summed E-state index contributed by atoms with van der Waals surface area (Å²) in [6, 6.07) is 8.10. The molecule has 8 heteroatoms. The van der Waals surface area contributed by atoms with E-state index in [1.165, 1.54) is 11.8 Å². The van der Waals surface area contributed by atoms with Gasteiger partial charge in [0, 0.05) is 24.0 Å². The van der Waals surface area contributed by atoms with Gasteiger partial charge in [-0.1, -0.05) is 18.7 Å². The highest BCUT2D eigenvalue weighted by atomic mass is 16.1. The maximum absolute atomic E-state index is 13.0. The fourth-order valence-corrected chi connectivity index (χ4v) is 3.76. The zero-order chi connectivity index (χ0) is 23.6. The summed E-state index contributed by atoms with van der Waals surface area (Å²) < 4.78 is 0. The number of piperidine rings is 1. The molecular formula is C25H33N7O. The number of amides is 1. The van der Waals surface area contributed by atoms with Gasteiger partial charge in [0.2, 0.25) is 0 Å². The number of aliphatic imine (C=N–C) groups is 1. The fraction of sp³-hybridized carbons (Fsp3) is 0.360. The molecule has 2 heterocycles. The van der Waals surface area contributed by atoms with Gasteiger partial charge in [0.25, 0.3) is 5.91 Å². The van der Waals surface area contributed by atoms with Crippen molar-refractivity contribution >= 4 is 29.7 Å². The van der Waals surface area contributed by atoms with E-state index in [0.717, 1.165) is 43.0 Å². The van der Waals surface area contributed by atoms with Crippen molar-refractivity contribution < 1.29 is 4.79 Å². The van der Waals surface area contributed by atoms with E-state index in [9.17, 15) is 4.79 Å². The maximum atomic E-state index is 13.0. The van der Waals surface area contributed by atoms with Crippen molar-refractivity contribution in [3.63, 3.8) is 0 Å². The first-order valence-electron chi connectivity index (χ1n) is 11.3. The van der Waals surface area contributed by atoms with Crippen LogP contribution in [0.15, 0.2) is 75.3 Å². The van der Waals surface area contributed by atoms with E-state index in [0.29, 0.717) is 23.7 Å². The SMILES string of the molecule is C=CN1CC(N=CC)=C(C(=O)N/C(C)=C/C(=N\Nc2cccc(C)c2)C2CCNCC2)C=N1. The largest absolute Gasteiger partial charge is 0.326 e. The van der Waals surface area contributed by atoms with Crippen molar-refractivity contribution in [1.82, 2.24) is 15.6 Å². The van der Waals surface area contributed by atoms with E-state index < -0.39 is 0 Å². The third-order valence-electron chi connectivity index (χ3n) is 5.46. The lowest BCUT2D eigenvalue weighted by atomic mass is 9.92. The minimum absolute atomic E-state index is 0.242. The standard InChI is InChI=1S/C25H33N7O/c1-5-27-24-17-32(6-2)28-16-22(24)25(33)29-19(4)15-23(20-10-12-26-13-11-20)31-30-21-9-7-8-18(3)14-21/h5-9,14-16,20,26,30H,2,10-13,17H2,1,3-4H3,(H,29,33)/b19-15+,27-5?,31-23+. The number of nitrogens with one attached hydrogen (secondary N) is 3. The molecule has 1 aromatic carbocycles. The molecule has 0 aromatic heterocycles. The molecule has 0 aliphatic carbocycles. The molecule has 1 aromatic rings. The van der Waals surface area contributed by atoms with Crippen LogP contribution in [0.2, 0.25) is 0 Å². The topological polar surface area (TPSA) is 93.5 Å². The molecule has 0 spiro atoms. The van der Waals surface area contributed by atoms with Gasteiger partial charge in [-0.25, -0.2) is 0 Å². The number of anilines is 1. The van der Waals surface area contributed by atoms with Crippen LogP contribution < -0.4 is 16.1 Å². The second-order valence-electron chi connectivity index (χ2n) is 8.10. The van der Waals surface area contributed by atoms with Crippen molar-refractivity contribution in [3.05, 3.63) is 65.7 Å². The van der Waals surface area contributed by atoms with Crippen LogP contribution in [0.3, 0.4) is 0 Å². The number of carbonyl (C=O) groups excluding carboxylic acids is 1. The van der Waals surface area contributed by atoms with Crippen LogP contribution in [-0.2, 0) is 4.79 Å². The zero-order valence-electron chi connectivity index (χ0n) is 19.6. The predicted molar refractivity (Wildman–Crippen MR) is 136 cm³/mol. The predicted octanol–water partition coefficient (Wildman–Crippen LogP) is 3.57. The monoisotopic (exact) mass is 447 g/mol. The van der Waals surface area contributed by atoms with Crippen LogP contribution in [0.25, 0.3) is 0 Å². The molecule has 1 saturated heterocycles. The highest BCUT2D eigenvalue weighted by molar-refractivity contribution is 6.14. The molecule has 0 radical (unpaired) electrons. The summed E-state index contributed by atoms with van der Waals surface area (Å²) in [7, 11) is 0. The molecule has 2 aliphatic rings. The van der Waals surface area contributed by atoms with Gasteiger partial charge in [0.15, 0.2) is 0 Å². The van der Waals surface area contributed by atoms with Crippen molar-refractivity contribution in [2.75, 3.05) is 25.1 Å². The quantitative estimate of drug-likeness (QED) is 0.420. The van der Waals surface area contributed by atoms with Gasteiger partial charge in [-0.2, -0.15) is 10.2 Å². The van der Waals surface area contributed by atoms with Gasteiger partial charge in [0.1, 0.15) is 0 Å². The molecular weight excluding hydrogens is 414 g/mol. The number of hydrazone groups is 2. The third-order valence-corrected chi connectivity index (χ3v) is 5.46. The van der Waals surface area contributed by atoms with E-state index in [2.05, 4.69) is 51.8 Å². The summed E-state index contributed by atoms with van der Waals surface area (Å²) in [5, 5.41) is 17.0.